The fourth-order valence-corrected chi connectivity index (χ4v) is 5.09. The third kappa shape index (κ3) is 2.88. The van der Waals surface area contributed by atoms with Crippen LogP contribution in [0.3, 0.4) is 0 Å². The van der Waals surface area contributed by atoms with E-state index >= 15 is 0 Å². The lowest BCUT2D eigenvalue weighted by Crippen LogP contribution is -2.19. The number of fused-ring (bicyclic) bond motifs is 5. The molecule has 0 radical (unpaired) electrons. The predicted molar refractivity (Wildman–Crippen MR) is 93.4 cm³/mol. The highest BCUT2D eigenvalue weighted by atomic mass is 16.5. The van der Waals surface area contributed by atoms with Crippen molar-refractivity contribution in [2.75, 3.05) is 31.5 Å². The Kier molecular flexibility index (Phi) is 4.15. The van der Waals surface area contributed by atoms with Crippen molar-refractivity contribution >= 4 is 23.2 Å². The smallest absolute Gasteiger partial charge is 0.250 e. The molecule has 0 aliphatic heterocycles. The van der Waals surface area contributed by atoms with Crippen molar-refractivity contribution in [2.24, 2.45) is 29.6 Å². The minimum atomic E-state index is -0.251. The molecule has 3 fully saturated rings. The van der Waals surface area contributed by atoms with Gasteiger partial charge >= 0.3 is 0 Å². The first-order chi connectivity index (χ1) is 12.1. The molecule has 6 heteroatoms. The highest BCUT2D eigenvalue weighted by Crippen LogP contribution is 2.69. The zero-order chi connectivity index (χ0) is 17.6. The summed E-state index contributed by atoms with van der Waals surface area (Å²) in [5.74, 6) is 3.37. The van der Waals surface area contributed by atoms with Crippen LogP contribution in [-0.4, -0.2) is 32.6 Å². The van der Waals surface area contributed by atoms with E-state index in [0.29, 0.717) is 29.0 Å². The summed E-state index contributed by atoms with van der Waals surface area (Å²) in [7, 11) is 3.00. The number of amides is 2. The second kappa shape index (κ2) is 6.33. The molecule has 1 aromatic carbocycles. The summed E-state index contributed by atoms with van der Waals surface area (Å²) in [6.07, 6.45) is 3.95. The van der Waals surface area contributed by atoms with Gasteiger partial charge in [0.25, 0.3) is 0 Å². The normalized spacial score (nSPS) is 31.4. The Balaban J connectivity index is 1.41. The van der Waals surface area contributed by atoms with E-state index in [1.807, 2.05) is 0 Å². The number of carbonyl (C=O) groups excluding carboxylic acids is 2. The SMILES string of the molecule is COCC(=O)Nc1ccc(NC(=O)C2[C@@H]3[C@H]4CC[C@H](C4)[C@H]23)cc1OC. The maximum Gasteiger partial charge on any atom is 0.250 e. The lowest BCUT2D eigenvalue weighted by atomic mass is 10.0. The Labute approximate surface area is 147 Å². The molecule has 1 unspecified atom stereocenters. The number of benzene rings is 1. The monoisotopic (exact) mass is 344 g/mol. The van der Waals surface area contributed by atoms with E-state index in [4.69, 9.17) is 9.47 Å². The van der Waals surface area contributed by atoms with Gasteiger partial charge in [-0.2, -0.15) is 0 Å². The molecule has 2 N–H and O–H groups in total. The van der Waals surface area contributed by atoms with Crippen LogP contribution in [0, 0.1) is 29.6 Å². The molecule has 0 aromatic heterocycles. The van der Waals surface area contributed by atoms with Gasteiger partial charge in [0, 0.05) is 24.8 Å². The lowest BCUT2D eigenvalue weighted by Gasteiger charge is -2.13. The van der Waals surface area contributed by atoms with Gasteiger partial charge < -0.3 is 20.1 Å². The van der Waals surface area contributed by atoms with Gasteiger partial charge in [0.1, 0.15) is 12.4 Å². The van der Waals surface area contributed by atoms with Crippen LogP contribution in [0.1, 0.15) is 19.3 Å². The second-order valence-electron chi connectivity index (χ2n) is 7.40. The van der Waals surface area contributed by atoms with Crippen LogP contribution < -0.4 is 15.4 Å². The standard InChI is InChI=1S/C19H24N2O4/c1-24-9-15(22)21-13-6-5-12(8-14(13)25-2)20-19(23)18-16-10-3-4-11(7-10)17(16)18/h5-6,8,10-11,16-18H,3-4,7,9H2,1-2H3,(H,20,23)(H,21,22)/t10-,11+,16+,17-,18?. The van der Waals surface area contributed by atoms with E-state index in [1.54, 1.807) is 18.2 Å². The summed E-state index contributed by atoms with van der Waals surface area (Å²) in [5, 5.41) is 5.75. The molecule has 6 nitrogen and oxygen atoms in total. The minimum absolute atomic E-state index is 0.0194. The second-order valence-corrected chi connectivity index (χ2v) is 7.40. The summed E-state index contributed by atoms with van der Waals surface area (Å²) in [5.41, 5.74) is 1.26. The molecule has 0 spiro atoms. The molecular weight excluding hydrogens is 320 g/mol. The molecule has 2 amide bonds. The number of carbonyl (C=O) groups is 2. The number of methoxy groups -OCH3 is 2. The minimum Gasteiger partial charge on any atom is -0.494 e. The first-order valence-electron chi connectivity index (χ1n) is 8.90. The zero-order valence-electron chi connectivity index (χ0n) is 14.6. The van der Waals surface area contributed by atoms with E-state index in [1.165, 1.54) is 33.5 Å². The van der Waals surface area contributed by atoms with Crippen molar-refractivity contribution in [1.29, 1.82) is 0 Å². The van der Waals surface area contributed by atoms with E-state index < -0.39 is 0 Å². The van der Waals surface area contributed by atoms with Gasteiger partial charge in [0.15, 0.2) is 0 Å². The number of rotatable bonds is 6. The topological polar surface area (TPSA) is 76.7 Å². The number of hydrogen-bond acceptors (Lipinski definition) is 4. The number of hydrogen-bond donors (Lipinski definition) is 2. The van der Waals surface area contributed by atoms with Gasteiger partial charge in [-0.3, -0.25) is 9.59 Å². The van der Waals surface area contributed by atoms with Crippen LogP contribution in [0.15, 0.2) is 18.2 Å². The van der Waals surface area contributed by atoms with Crippen molar-refractivity contribution in [1.82, 2.24) is 0 Å². The van der Waals surface area contributed by atoms with Gasteiger partial charge in [0.05, 0.1) is 12.8 Å². The van der Waals surface area contributed by atoms with Crippen molar-refractivity contribution in [3.05, 3.63) is 18.2 Å². The molecule has 3 saturated carbocycles. The van der Waals surface area contributed by atoms with Gasteiger partial charge in [-0.15, -0.1) is 0 Å². The fourth-order valence-electron chi connectivity index (χ4n) is 5.09. The fraction of sp³-hybridized carbons (Fsp3) is 0.579. The molecule has 3 aliphatic carbocycles. The maximum atomic E-state index is 12.6. The maximum absolute atomic E-state index is 12.6. The Morgan fingerprint density at radius 1 is 1.12 bits per heavy atom. The largest absolute Gasteiger partial charge is 0.494 e. The van der Waals surface area contributed by atoms with Crippen LogP contribution in [-0.2, 0) is 14.3 Å². The molecule has 2 bridgehead atoms. The van der Waals surface area contributed by atoms with Gasteiger partial charge in [-0.05, 0) is 55.1 Å². The van der Waals surface area contributed by atoms with Gasteiger partial charge in [-0.25, -0.2) is 0 Å². The average Bonchev–Trinajstić information content (AvgIpc) is 3.04. The highest BCUT2D eigenvalue weighted by Gasteiger charge is 2.67. The highest BCUT2D eigenvalue weighted by molar-refractivity contribution is 5.97. The van der Waals surface area contributed by atoms with Gasteiger partial charge in [-0.1, -0.05) is 0 Å². The number of nitrogens with one attached hydrogen (secondary N) is 2. The molecule has 25 heavy (non-hydrogen) atoms. The summed E-state index contributed by atoms with van der Waals surface area (Å²) < 4.78 is 10.1. The van der Waals surface area contributed by atoms with Crippen LogP contribution in [0.2, 0.25) is 0 Å². The van der Waals surface area contributed by atoms with Crippen molar-refractivity contribution in [3.8, 4) is 5.75 Å². The first kappa shape index (κ1) is 16.4. The molecule has 5 atom stereocenters. The molecule has 0 saturated heterocycles. The summed E-state index contributed by atoms with van der Waals surface area (Å²) >= 11 is 0. The summed E-state index contributed by atoms with van der Waals surface area (Å²) in [6.45, 7) is -0.0194. The van der Waals surface area contributed by atoms with Crippen molar-refractivity contribution in [2.45, 2.75) is 19.3 Å². The summed E-state index contributed by atoms with van der Waals surface area (Å²) in [6, 6.07) is 5.27. The Morgan fingerprint density at radius 3 is 2.48 bits per heavy atom. The molecule has 134 valence electrons. The molecule has 3 aliphatic rings. The van der Waals surface area contributed by atoms with E-state index in [9.17, 15) is 9.59 Å². The first-order valence-corrected chi connectivity index (χ1v) is 8.90. The van der Waals surface area contributed by atoms with Crippen LogP contribution in [0.25, 0.3) is 0 Å². The molecule has 0 heterocycles. The number of anilines is 2. The third-order valence-corrected chi connectivity index (χ3v) is 6.06. The third-order valence-electron chi connectivity index (χ3n) is 6.06. The average molecular weight is 344 g/mol. The van der Waals surface area contributed by atoms with E-state index in [-0.39, 0.29) is 24.3 Å². The predicted octanol–water partition coefficient (Wildman–Crippen LogP) is 2.51. The Hall–Kier alpha value is -2.08. The van der Waals surface area contributed by atoms with E-state index in [0.717, 1.165) is 11.8 Å². The molecule has 4 rings (SSSR count). The Bertz CT molecular complexity index is 689. The van der Waals surface area contributed by atoms with E-state index in [2.05, 4.69) is 10.6 Å². The summed E-state index contributed by atoms with van der Waals surface area (Å²) in [4.78, 5) is 24.3. The van der Waals surface area contributed by atoms with Gasteiger partial charge in [0.2, 0.25) is 11.8 Å². The van der Waals surface area contributed by atoms with Crippen LogP contribution >= 0.6 is 0 Å². The van der Waals surface area contributed by atoms with Crippen molar-refractivity contribution in [3.63, 3.8) is 0 Å². The Morgan fingerprint density at radius 2 is 1.84 bits per heavy atom. The lowest BCUT2D eigenvalue weighted by molar-refractivity contribution is -0.120. The molecular formula is C19H24N2O4. The quantitative estimate of drug-likeness (QED) is 0.831. The van der Waals surface area contributed by atoms with Crippen LogP contribution in [0.4, 0.5) is 11.4 Å². The number of ether oxygens (including phenoxy) is 2. The molecule has 1 aromatic rings. The zero-order valence-corrected chi connectivity index (χ0v) is 14.6. The van der Waals surface area contributed by atoms with Crippen molar-refractivity contribution < 1.29 is 19.1 Å². The van der Waals surface area contributed by atoms with Crippen LogP contribution in [0.5, 0.6) is 5.75 Å².